The molecule has 3 nitrogen and oxygen atoms in total. The van der Waals surface area contributed by atoms with Crippen LogP contribution in [-0.2, 0) is 0 Å². The zero-order valence-electron chi connectivity index (χ0n) is 7.47. The van der Waals surface area contributed by atoms with Crippen LogP contribution in [0.3, 0.4) is 0 Å². The molecule has 2 rings (SSSR count). The fraction of sp³-hybridized carbons (Fsp3) is 1.00. The topological polar surface area (TPSA) is 44.3 Å². The van der Waals surface area contributed by atoms with E-state index in [0.29, 0.717) is 5.41 Å². The molecule has 1 saturated heterocycles. The van der Waals surface area contributed by atoms with Crippen molar-refractivity contribution < 1.29 is 5.11 Å². The van der Waals surface area contributed by atoms with E-state index in [1.807, 2.05) is 0 Å². The molecule has 3 heteroatoms. The van der Waals surface area contributed by atoms with Crippen LogP contribution in [0.2, 0.25) is 0 Å². The molecule has 12 heavy (non-hydrogen) atoms. The molecular weight excluding hydrogens is 152 g/mol. The molecule has 1 spiro atoms. The van der Waals surface area contributed by atoms with Crippen molar-refractivity contribution in [2.24, 2.45) is 11.3 Å². The van der Waals surface area contributed by atoms with Gasteiger partial charge < -0.3 is 15.7 Å². The van der Waals surface area contributed by atoms with Crippen LogP contribution in [0.25, 0.3) is 0 Å². The second-order valence-corrected chi connectivity index (χ2v) is 4.12. The van der Waals surface area contributed by atoms with Crippen LogP contribution in [0.5, 0.6) is 0 Å². The van der Waals surface area contributed by atoms with Crippen molar-refractivity contribution in [1.29, 1.82) is 0 Å². The average molecular weight is 170 g/mol. The SMILES string of the molecule is OCCNCC1CNCC12CC2. The average Bonchev–Trinajstić information content (AvgIpc) is 2.72. The predicted octanol–water partition coefficient (Wildman–Crippen LogP) is -0.432. The summed E-state index contributed by atoms with van der Waals surface area (Å²) in [5.41, 5.74) is 0.655. The molecule has 0 radical (unpaired) electrons. The van der Waals surface area contributed by atoms with Gasteiger partial charge in [0.1, 0.15) is 0 Å². The van der Waals surface area contributed by atoms with E-state index in [1.165, 1.54) is 25.9 Å². The Morgan fingerprint density at radius 3 is 3.00 bits per heavy atom. The fourth-order valence-electron chi connectivity index (χ4n) is 2.25. The molecule has 1 aliphatic carbocycles. The Kier molecular flexibility index (Phi) is 2.35. The molecule has 0 bridgehead atoms. The highest BCUT2D eigenvalue weighted by atomic mass is 16.3. The van der Waals surface area contributed by atoms with Gasteiger partial charge in [-0.2, -0.15) is 0 Å². The van der Waals surface area contributed by atoms with E-state index in [-0.39, 0.29) is 6.61 Å². The molecule has 1 unspecified atom stereocenters. The van der Waals surface area contributed by atoms with E-state index in [1.54, 1.807) is 0 Å². The van der Waals surface area contributed by atoms with E-state index < -0.39 is 0 Å². The molecule has 0 amide bonds. The van der Waals surface area contributed by atoms with E-state index in [9.17, 15) is 0 Å². The number of nitrogens with one attached hydrogen (secondary N) is 2. The van der Waals surface area contributed by atoms with Crippen molar-refractivity contribution >= 4 is 0 Å². The van der Waals surface area contributed by atoms with Crippen molar-refractivity contribution in [2.45, 2.75) is 12.8 Å². The first-order valence-electron chi connectivity index (χ1n) is 4.90. The number of aliphatic hydroxyl groups excluding tert-OH is 1. The normalized spacial score (nSPS) is 31.2. The summed E-state index contributed by atoms with van der Waals surface area (Å²) < 4.78 is 0. The van der Waals surface area contributed by atoms with E-state index in [0.717, 1.165) is 19.0 Å². The molecule has 0 aromatic carbocycles. The summed E-state index contributed by atoms with van der Waals surface area (Å²) in [5, 5.41) is 15.3. The summed E-state index contributed by atoms with van der Waals surface area (Å²) in [6, 6.07) is 0. The molecule has 3 N–H and O–H groups in total. The van der Waals surface area contributed by atoms with Crippen molar-refractivity contribution in [3.05, 3.63) is 0 Å². The lowest BCUT2D eigenvalue weighted by Crippen LogP contribution is -2.30. The third kappa shape index (κ3) is 1.49. The van der Waals surface area contributed by atoms with Crippen LogP contribution in [0, 0.1) is 11.3 Å². The Bertz CT molecular complexity index is 157. The first-order valence-corrected chi connectivity index (χ1v) is 4.90. The van der Waals surface area contributed by atoms with Crippen LogP contribution >= 0.6 is 0 Å². The third-order valence-corrected chi connectivity index (χ3v) is 3.31. The molecule has 1 atom stereocenters. The van der Waals surface area contributed by atoms with Crippen LogP contribution in [-0.4, -0.2) is 37.9 Å². The highest BCUT2D eigenvalue weighted by Gasteiger charge is 2.51. The van der Waals surface area contributed by atoms with Crippen molar-refractivity contribution in [3.63, 3.8) is 0 Å². The Morgan fingerprint density at radius 2 is 2.33 bits per heavy atom. The third-order valence-electron chi connectivity index (χ3n) is 3.31. The molecular formula is C9H18N2O. The van der Waals surface area contributed by atoms with Gasteiger partial charge in [-0.25, -0.2) is 0 Å². The standard InChI is InChI=1S/C9H18N2O/c12-4-3-10-5-8-6-11-7-9(8)1-2-9/h8,10-12H,1-7H2. The van der Waals surface area contributed by atoms with Gasteiger partial charge in [0.15, 0.2) is 0 Å². The van der Waals surface area contributed by atoms with Crippen molar-refractivity contribution in [2.75, 3.05) is 32.8 Å². The summed E-state index contributed by atoms with van der Waals surface area (Å²) in [4.78, 5) is 0. The van der Waals surface area contributed by atoms with Gasteiger partial charge >= 0.3 is 0 Å². The second-order valence-electron chi connectivity index (χ2n) is 4.12. The van der Waals surface area contributed by atoms with Gasteiger partial charge in [0, 0.05) is 13.1 Å². The summed E-state index contributed by atoms with van der Waals surface area (Å²) >= 11 is 0. The second kappa shape index (κ2) is 3.32. The van der Waals surface area contributed by atoms with Crippen LogP contribution in [0.4, 0.5) is 0 Å². The Balaban J connectivity index is 1.73. The lowest BCUT2D eigenvalue weighted by Gasteiger charge is -2.16. The van der Waals surface area contributed by atoms with Crippen molar-refractivity contribution in [1.82, 2.24) is 10.6 Å². The summed E-state index contributed by atoms with van der Waals surface area (Å²) in [7, 11) is 0. The number of rotatable bonds is 4. The first-order chi connectivity index (χ1) is 5.87. The van der Waals surface area contributed by atoms with Gasteiger partial charge in [-0.1, -0.05) is 0 Å². The summed E-state index contributed by atoms with van der Waals surface area (Å²) in [6.45, 7) is 4.46. The molecule has 0 aromatic heterocycles. The first kappa shape index (κ1) is 8.48. The maximum Gasteiger partial charge on any atom is 0.0555 e. The largest absolute Gasteiger partial charge is 0.395 e. The zero-order valence-corrected chi connectivity index (χ0v) is 7.47. The number of aliphatic hydroxyl groups is 1. The Hall–Kier alpha value is -0.120. The number of hydrogen-bond donors (Lipinski definition) is 3. The summed E-state index contributed by atoms with van der Waals surface area (Å²) in [5.74, 6) is 0.809. The van der Waals surface area contributed by atoms with Gasteiger partial charge in [-0.3, -0.25) is 0 Å². The molecule has 1 heterocycles. The number of hydrogen-bond acceptors (Lipinski definition) is 3. The van der Waals surface area contributed by atoms with E-state index >= 15 is 0 Å². The lowest BCUT2D eigenvalue weighted by molar-refractivity contribution is 0.281. The summed E-state index contributed by atoms with van der Waals surface area (Å²) in [6.07, 6.45) is 2.82. The molecule has 1 saturated carbocycles. The van der Waals surface area contributed by atoms with Gasteiger partial charge in [0.2, 0.25) is 0 Å². The van der Waals surface area contributed by atoms with Crippen LogP contribution in [0.1, 0.15) is 12.8 Å². The smallest absolute Gasteiger partial charge is 0.0555 e. The molecule has 2 fully saturated rings. The van der Waals surface area contributed by atoms with Gasteiger partial charge in [-0.05, 0) is 37.3 Å². The maximum atomic E-state index is 8.61. The zero-order chi connectivity index (χ0) is 8.44. The monoisotopic (exact) mass is 170 g/mol. The lowest BCUT2D eigenvalue weighted by atomic mass is 9.93. The molecule has 2 aliphatic rings. The predicted molar refractivity (Wildman–Crippen MR) is 48.0 cm³/mol. The highest BCUT2D eigenvalue weighted by molar-refractivity contribution is 5.05. The minimum atomic E-state index is 0.257. The molecule has 1 aliphatic heterocycles. The van der Waals surface area contributed by atoms with Crippen molar-refractivity contribution in [3.8, 4) is 0 Å². The minimum absolute atomic E-state index is 0.257. The highest BCUT2D eigenvalue weighted by Crippen LogP contribution is 2.53. The van der Waals surface area contributed by atoms with E-state index in [4.69, 9.17) is 5.11 Å². The molecule has 70 valence electrons. The van der Waals surface area contributed by atoms with Gasteiger partial charge in [0.25, 0.3) is 0 Å². The Morgan fingerprint density at radius 1 is 1.50 bits per heavy atom. The van der Waals surface area contributed by atoms with Gasteiger partial charge in [-0.15, -0.1) is 0 Å². The fourth-order valence-corrected chi connectivity index (χ4v) is 2.25. The maximum absolute atomic E-state index is 8.61. The van der Waals surface area contributed by atoms with Crippen LogP contribution in [0.15, 0.2) is 0 Å². The Labute approximate surface area is 73.5 Å². The van der Waals surface area contributed by atoms with Gasteiger partial charge in [0.05, 0.1) is 6.61 Å². The molecule has 0 aromatic rings. The van der Waals surface area contributed by atoms with E-state index in [2.05, 4.69) is 10.6 Å². The quantitative estimate of drug-likeness (QED) is 0.502. The minimum Gasteiger partial charge on any atom is -0.395 e. The van der Waals surface area contributed by atoms with Crippen LogP contribution < -0.4 is 10.6 Å².